The molecular weight excluding hydrogens is 362 g/mol. The largest absolute Gasteiger partial charge is 0.426 e. The molecule has 1 fully saturated rings. The van der Waals surface area contributed by atoms with Crippen LogP contribution in [-0.2, 0) is 9.59 Å². The summed E-state index contributed by atoms with van der Waals surface area (Å²) in [7, 11) is 0. The lowest BCUT2D eigenvalue weighted by Gasteiger charge is -2.20. The molecule has 3 aromatic carbocycles. The SMILES string of the molecule is Cc1cccc(N2C[C@H](C(=O)Oc3ccccc3-c3ccccc3)CC2=O)c1C. The van der Waals surface area contributed by atoms with Crippen molar-refractivity contribution in [2.75, 3.05) is 11.4 Å². The van der Waals surface area contributed by atoms with Crippen LogP contribution >= 0.6 is 0 Å². The van der Waals surface area contributed by atoms with Crippen molar-refractivity contribution in [3.8, 4) is 16.9 Å². The van der Waals surface area contributed by atoms with Crippen molar-refractivity contribution in [1.29, 1.82) is 0 Å². The van der Waals surface area contributed by atoms with Crippen LogP contribution in [0.5, 0.6) is 5.75 Å². The molecular formula is C25H23NO3. The molecule has 1 atom stereocenters. The number of carbonyl (C=O) groups excluding carboxylic acids is 2. The summed E-state index contributed by atoms with van der Waals surface area (Å²) < 4.78 is 5.75. The van der Waals surface area contributed by atoms with Crippen molar-refractivity contribution in [3.05, 3.63) is 83.9 Å². The van der Waals surface area contributed by atoms with E-state index in [4.69, 9.17) is 4.74 Å². The zero-order chi connectivity index (χ0) is 20.4. The summed E-state index contributed by atoms with van der Waals surface area (Å²) in [4.78, 5) is 27.2. The third kappa shape index (κ3) is 3.79. The van der Waals surface area contributed by atoms with Crippen molar-refractivity contribution in [1.82, 2.24) is 0 Å². The molecule has 0 radical (unpaired) electrons. The number of rotatable bonds is 4. The Morgan fingerprint density at radius 1 is 0.931 bits per heavy atom. The van der Waals surface area contributed by atoms with Gasteiger partial charge in [0, 0.05) is 24.2 Å². The molecule has 0 unspecified atom stereocenters. The van der Waals surface area contributed by atoms with E-state index in [1.165, 1.54) is 0 Å². The van der Waals surface area contributed by atoms with Crippen molar-refractivity contribution < 1.29 is 14.3 Å². The summed E-state index contributed by atoms with van der Waals surface area (Å²) in [5.74, 6) is -0.376. The lowest BCUT2D eigenvalue weighted by Crippen LogP contribution is -2.28. The zero-order valence-corrected chi connectivity index (χ0v) is 16.6. The van der Waals surface area contributed by atoms with Gasteiger partial charge in [-0.2, -0.15) is 0 Å². The van der Waals surface area contributed by atoms with Gasteiger partial charge in [0.2, 0.25) is 5.91 Å². The minimum absolute atomic E-state index is 0.0444. The second-order valence-corrected chi connectivity index (χ2v) is 7.41. The zero-order valence-electron chi connectivity index (χ0n) is 16.6. The Balaban J connectivity index is 1.54. The van der Waals surface area contributed by atoms with Gasteiger partial charge in [-0.25, -0.2) is 0 Å². The maximum Gasteiger partial charge on any atom is 0.316 e. The topological polar surface area (TPSA) is 46.6 Å². The van der Waals surface area contributed by atoms with Crippen molar-refractivity contribution in [2.24, 2.45) is 5.92 Å². The molecule has 1 aliphatic heterocycles. The average Bonchev–Trinajstić information content (AvgIpc) is 3.13. The van der Waals surface area contributed by atoms with Crippen LogP contribution in [0.4, 0.5) is 5.69 Å². The molecule has 1 amide bonds. The quantitative estimate of drug-likeness (QED) is 0.473. The number of aryl methyl sites for hydroxylation is 1. The third-order valence-electron chi connectivity index (χ3n) is 5.51. The van der Waals surface area contributed by atoms with E-state index in [2.05, 4.69) is 0 Å². The minimum atomic E-state index is -0.480. The van der Waals surface area contributed by atoms with Crippen LogP contribution in [0, 0.1) is 19.8 Å². The van der Waals surface area contributed by atoms with Gasteiger partial charge in [0.15, 0.2) is 0 Å². The van der Waals surface area contributed by atoms with E-state index >= 15 is 0 Å². The van der Waals surface area contributed by atoms with Crippen LogP contribution in [-0.4, -0.2) is 18.4 Å². The van der Waals surface area contributed by atoms with E-state index in [1.54, 1.807) is 11.0 Å². The Morgan fingerprint density at radius 3 is 2.45 bits per heavy atom. The summed E-state index contributed by atoms with van der Waals surface area (Å²) in [6.45, 7) is 4.36. The highest BCUT2D eigenvalue weighted by molar-refractivity contribution is 6.00. The Kier molecular flexibility index (Phi) is 5.17. The fraction of sp³-hybridized carbons (Fsp3) is 0.200. The van der Waals surface area contributed by atoms with E-state index < -0.39 is 5.92 Å². The summed E-state index contributed by atoms with van der Waals surface area (Å²) in [6.07, 6.45) is 0.166. The molecule has 0 spiro atoms. The van der Waals surface area contributed by atoms with Gasteiger partial charge in [-0.3, -0.25) is 9.59 Å². The van der Waals surface area contributed by atoms with Gasteiger partial charge in [0.05, 0.1) is 5.92 Å². The number of para-hydroxylation sites is 1. The van der Waals surface area contributed by atoms with Gasteiger partial charge < -0.3 is 9.64 Å². The molecule has 1 aliphatic rings. The molecule has 0 saturated carbocycles. The molecule has 1 saturated heterocycles. The van der Waals surface area contributed by atoms with Gasteiger partial charge in [0.25, 0.3) is 0 Å². The number of hydrogen-bond donors (Lipinski definition) is 0. The first-order chi connectivity index (χ1) is 14.0. The number of nitrogens with zero attached hydrogens (tertiary/aromatic N) is 1. The summed E-state index contributed by atoms with van der Waals surface area (Å²) in [5, 5.41) is 0. The fourth-order valence-electron chi connectivity index (χ4n) is 3.73. The van der Waals surface area contributed by atoms with Gasteiger partial charge in [-0.15, -0.1) is 0 Å². The van der Waals surface area contributed by atoms with E-state index in [0.29, 0.717) is 12.3 Å². The molecule has 146 valence electrons. The van der Waals surface area contributed by atoms with Crippen molar-refractivity contribution >= 4 is 17.6 Å². The average molecular weight is 385 g/mol. The highest BCUT2D eigenvalue weighted by Gasteiger charge is 2.37. The Bertz CT molecular complexity index is 1060. The number of amides is 1. The number of anilines is 1. The number of ether oxygens (including phenoxy) is 1. The van der Waals surface area contributed by atoms with E-state index in [-0.39, 0.29) is 18.3 Å². The van der Waals surface area contributed by atoms with Crippen LogP contribution in [0.2, 0.25) is 0 Å². The minimum Gasteiger partial charge on any atom is -0.426 e. The normalized spacial score (nSPS) is 16.1. The van der Waals surface area contributed by atoms with E-state index in [9.17, 15) is 9.59 Å². The smallest absolute Gasteiger partial charge is 0.316 e. The number of hydrogen-bond acceptors (Lipinski definition) is 3. The number of carbonyl (C=O) groups is 2. The first kappa shape index (κ1) is 18.9. The van der Waals surface area contributed by atoms with E-state index in [1.807, 2.05) is 80.6 Å². The monoisotopic (exact) mass is 385 g/mol. The maximum absolute atomic E-state index is 12.9. The van der Waals surface area contributed by atoms with Crippen LogP contribution in [0.15, 0.2) is 72.8 Å². The second-order valence-electron chi connectivity index (χ2n) is 7.41. The molecule has 29 heavy (non-hydrogen) atoms. The van der Waals surface area contributed by atoms with Crippen LogP contribution in [0.1, 0.15) is 17.5 Å². The first-order valence-electron chi connectivity index (χ1n) is 9.77. The number of benzene rings is 3. The molecule has 0 aliphatic carbocycles. The Morgan fingerprint density at radius 2 is 1.66 bits per heavy atom. The lowest BCUT2D eigenvalue weighted by atomic mass is 10.0. The van der Waals surface area contributed by atoms with Gasteiger partial charge >= 0.3 is 5.97 Å². The van der Waals surface area contributed by atoms with Gasteiger partial charge in [-0.1, -0.05) is 60.7 Å². The van der Waals surface area contributed by atoms with Crippen LogP contribution in [0.25, 0.3) is 11.1 Å². The Labute approximate surface area is 170 Å². The number of esters is 1. The molecule has 4 rings (SSSR count). The summed E-state index contributed by atoms with van der Waals surface area (Å²) in [6, 6.07) is 23.2. The highest BCUT2D eigenvalue weighted by Crippen LogP contribution is 2.33. The van der Waals surface area contributed by atoms with E-state index in [0.717, 1.165) is 27.9 Å². The van der Waals surface area contributed by atoms with Gasteiger partial charge in [0.1, 0.15) is 5.75 Å². The molecule has 4 heteroatoms. The van der Waals surface area contributed by atoms with Crippen LogP contribution < -0.4 is 9.64 Å². The molecule has 0 aromatic heterocycles. The van der Waals surface area contributed by atoms with Gasteiger partial charge in [-0.05, 0) is 42.7 Å². The Hall–Kier alpha value is -3.40. The van der Waals surface area contributed by atoms with Crippen molar-refractivity contribution in [2.45, 2.75) is 20.3 Å². The summed E-state index contributed by atoms with van der Waals surface area (Å²) in [5.41, 5.74) is 4.89. The third-order valence-corrected chi connectivity index (χ3v) is 5.51. The maximum atomic E-state index is 12.9. The molecule has 4 nitrogen and oxygen atoms in total. The predicted molar refractivity (Wildman–Crippen MR) is 114 cm³/mol. The molecule has 1 heterocycles. The van der Waals surface area contributed by atoms with Crippen molar-refractivity contribution in [3.63, 3.8) is 0 Å². The second kappa shape index (κ2) is 7.92. The molecule has 0 bridgehead atoms. The lowest BCUT2D eigenvalue weighted by molar-refractivity contribution is -0.139. The predicted octanol–water partition coefficient (Wildman–Crippen LogP) is 4.93. The highest BCUT2D eigenvalue weighted by atomic mass is 16.5. The first-order valence-corrected chi connectivity index (χ1v) is 9.77. The van der Waals surface area contributed by atoms with Crippen LogP contribution in [0.3, 0.4) is 0 Å². The molecule has 0 N–H and O–H groups in total. The fourth-order valence-corrected chi connectivity index (χ4v) is 3.73. The summed E-state index contributed by atoms with van der Waals surface area (Å²) >= 11 is 0. The standard InChI is InChI=1S/C25H23NO3/c1-17-9-8-13-22(18(17)2)26-16-20(15-24(26)27)25(28)29-23-14-7-6-12-21(23)19-10-4-3-5-11-19/h3-14,20H,15-16H2,1-2H3/t20-/m1/s1. The molecule has 3 aromatic rings.